The van der Waals surface area contributed by atoms with Gasteiger partial charge in [0.1, 0.15) is 17.9 Å². The van der Waals surface area contributed by atoms with Crippen LogP contribution in [0.25, 0.3) is 11.0 Å². The Bertz CT molecular complexity index is 1270. The summed E-state index contributed by atoms with van der Waals surface area (Å²) in [6.07, 6.45) is 1.54. The van der Waals surface area contributed by atoms with Gasteiger partial charge < -0.3 is 9.15 Å². The minimum absolute atomic E-state index is 0.190. The van der Waals surface area contributed by atoms with Crippen molar-refractivity contribution in [3.63, 3.8) is 0 Å². The summed E-state index contributed by atoms with van der Waals surface area (Å²) in [6, 6.07) is 20.4. The number of amides is 1. The third-order valence-electron chi connectivity index (χ3n) is 4.36. The van der Waals surface area contributed by atoms with Crippen molar-refractivity contribution >= 4 is 73.2 Å². The fraction of sp³-hybridized carbons (Fsp3) is 0.0435. The van der Waals surface area contributed by atoms with Crippen LogP contribution in [0.2, 0.25) is 5.02 Å². The second kappa shape index (κ2) is 9.84. The maximum atomic E-state index is 12.4. The standard InChI is InChI=1S/C23H15BrClIN2O3/c24-17-9-16-10-21(31-22(16)19(26)11-17)23(29)28-27-12-15-3-1-2-4-20(15)30-13-14-5-7-18(25)8-6-14/h1-12H,13H2,(H,28,29)/b27-12-. The van der Waals surface area contributed by atoms with Gasteiger partial charge in [0.2, 0.25) is 0 Å². The number of nitrogens with zero attached hydrogens (tertiary/aromatic N) is 1. The first-order valence-corrected chi connectivity index (χ1v) is 11.4. The summed E-state index contributed by atoms with van der Waals surface area (Å²) in [5, 5.41) is 5.58. The van der Waals surface area contributed by atoms with Crippen LogP contribution in [0.3, 0.4) is 0 Å². The molecule has 0 unspecified atom stereocenters. The second-order valence-corrected chi connectivity index (χ2v) is 9.08. The van der Waals surface area contributed by atoms with Crippen molar-refractivity contribution < 1.29 is 13.9 Å². The highest BCUT2D eigenvalue weighted by molar-refractivity contribution is 14.1. The number of ether oxygens (including phenoxy) is 1. The molecule has 0 saturated heterocycles. The van der Waals surface area contributed by atoms with E-state index < -0.39 is 5.91 Å². The number of furan rings is 1. The molecule has 0 saturated carbocycles. The first-order valence-electron chi connectivity index (χ1n) is 9.18. The molecule has 0 spiro atoms. The summed E-state index contributed by atoms with van der Waals surface area (Å²) >= 11 is 11.5. The zero-order valence-corrected chi connectivity index (χ0v) is 20.4. The van der Waals surface area contributed by atoms with Crippen molar-refractivity contribution in [2.24, 2.45) is 5.10 Å². The number of hydrogen-bond acceptors (Lipinski definition) is 4. The van der Waals surface area contributed by atoms with E-state index in [9.17, 15) is 4.79 Å². The van der Waals surface area contributed by atoms with E-state index in [0.29, 0.717) is 23.0 Å². The van der Waals surface area contributed by atoms with Crippen molar-refractivity contribution in [3.8, 4) is 5.75 Å². The van der Waals surface area contributed by atoms with Gasteiger partial charge in [-0.25, -0.2) is 5.43 Å². The number of nitrogens with one attached hydrogen (secondary N) is 1. The first-order chi connectivity index (χ1) is 15.0. The van der Waals surface area contributed by atoms with E-state index in [1.807, 2.05) is 60.7 Å². The Morgan fingerprint density at radius 1 is 1.16 bits per heavy atom. The van der Waals surface area contributed by atoms with Gasteiger partial charge in [-0.05, 0) is 70.6 Å². The lowest BCUT2D eigenvalue weighted by Gasteiger charge is -2.09. The average Bonchev–Trinajstić information content (AvgIpc) is 3.19. The zero-order chi connectivity index (χ0) is 21.8. The molecule has 1 aromatic heterocycles. The molecule has 0 fully saturated rings. The number of carbonyl (C=O) groups excluding carboxylic acids is 1. The van der Waals surface area contributed by atoms with E-state index >= 15 is 0 Å². The Morgan fingerprint density at radius 2 is 1.94 bits per heavy atom. The lowest BCUT2D eigenvalue weighted by Crippen LogP contribution is -2.16. The average molecular weight is 610 g/mol. The van der Waals surface area contributed by atoms with Gasteiger partial charge in [-0.3, -0.25) is 4.79 Å². The van der Waals surface area contributed by atoms with Crippen LogP contribution in [0.1, 0.15) is 21.7 Å². The smallest absolute Gasteiger partial charge is 0.307 e. The van der Waals surface area contributed by atoms with Crippen LogP contribution in [-0.2, 0) is 6.61 Å². The van der Waals surface area contributed by atoms with E-state index in [2.05, 4.69) is 49.0 Å². The summed E-state index contributed by atoms with van der Waals surface area (Å²) in [5.41, 5.74) is 4.90. The molecule has 0 aliphatic heterocycles. The summed E-state index contributed by atoms with van der Waals surface area (Å²) in [4.78, 5) is 12.4. The maximum absolute atomic E-state index is 12.4. The topological polar surface area (TPSA) is 63.8 Å². The lowest BCUT2D eigenvalue weighted by molar-refractivity contribution is 0.0929. The zero-order valence-electron chi connectivity index (χ0n) is 15.9. The molecule has 0 aliphatic carbocycles. The Labute approximate surface area is 205 Å². The summed E-state index contributed by atoms with van der Waals surface area (Å²) in [6.45, 7) is 0.390. The Hall–Kier alpha value is -2.36. The largest absolute Gasteiger partial charge is 0.488 e. The first kappa shape index (κ1) is 21.9. The number of halogens is 3. The van der Waals surface area contributed by atoms with E-state index in [0.717, 1.165) is 24.6 Å². The van der Waals surface area contributed by atoms with Crippen molar-refractivity contribution in [3.05, 3.63) is 96.7 Å². The molecule has 1 heterocycles. The molecule has 1 N–H and O–H groups in total. The van der Waals surface area contributed by atoms with Crippen LogP contribution >= 0.6 is 50.1 Å². The van der Waals surface area contributed by atoms with Crippen molar-refractivity contribution in [1.29, 1.82) is 0 Å². The van der Waals surface area contributed by atoms with Crippen LogP contribution in [0.15, 0.2) is 80.7 Å². The minimum Gasteiger partial charge on any atom is -0.488 e. The third-order valence-corrected chi connectivity index (χ3v) is 5.87. The van der Waals surface area contributed by atoms with Crippen molar-refractivity contribution in [2.45, 2.75) is 6.61 Å². The van der Waals surface area contributed by atoms with Gasteiger partial charge in [0.25, 0.3) is 0 Å². The van der Waals surface area contributed by atoms with Gasteiger partial charge in [0, 0.05) is 20.4 Å². The highest BCUT2D eigenvalue weighted by Crippen LogP contribution is 2.28. The van der Waals surface area contributed by atoms with Gasteiger partial charge in [0.15, 0.2) is 5.76 Å². The fourth-order valence-corrected chi connectivity index (χ4v) is 4.65. The van der Waals surface area contributed by atoms with Gasteiger partial charge in [-0.1, -0.05) is 51.8 Å². The third kappa shape index (κ3) is 5.47. The number of hydrazone groups is 1. The maximum Gasteiger partial charge on any atom is 0.307 e. The van der Waals surface area contributed by atoms with Crippen molar-refractivity contribution in [1.82, 2.24) is 5.43 Å². The molecule has 0 aliphatic rings. The number of para-hydroxylation sites is 1. The van der Waals surface area contributed by atoms with Gasteiger partial charge in [-0.15, -0.1) is 0 Å². The van der Waals surface area contributed by atoms with Crippen LogP contribution in [0.5, 0.6) is 5.75 Å². The molecule has 8 heteroatoms. The predicted octanol–water partition coefficient (Wildman–Crippen LogP) is 6.80. The minimum atomic E-state index is -0.432. The van der Waals surface area contributed by atoms with Crippen LogP contribution < -0.4 is 10.2 Å². The second-order valence-electron chi connectivity index (χ2n) is 6.57. The van der Waals surface area contributed by atoms with Crippen LogP contribution in [0, 0.1) is 3.57 Å². The Morgan fingerprint density at radius 3 is 2.74 bits per heavy atom. The normalized spacial score (nSPS) is 11.2. The Balaban J connectivity index is 1.43. The van der Waals surface area contributed by atoms with E-state index in [1.54, 1.807) is 6.07 Å². The van der Waals surface area contributed by atoms with Crippen LogP contribution in [-0.4, -0.2) is 12.1 Å². The molecular formula is C23H15BrClIN2O3. The molecule has 31 heavy (non-hydrogen) atoms. The summed E-state index contributed by atoms with van der Waals surface area (Å²) < 4.78 is 13.4. The van der Waals surface area contributed by atoms with E-state index in [4.69, 9.17) is 20.8 Å². The SMILES string of the molecule is O=C(N/N=C\c1ccccc1OCc1ccc(Cl)cc1)c1cc2cc(Br)cc(I)c2o1. The van der Waals surface area contributed by atoms with E-state index in [-0.39, 0.29) is 5.76 Å². The lowest BCUT2D eigenvalue weighted by atomic mass is 10.2. The molecule has 4 rings (SSSR count). The highest BCUT2D eigenvalue weighted by Gasteiger charge is 2.14. The molecule has 3 aromatic carbocycles. The quantitative estimate of drug-likeness (QED) is 0.149. The number of carbonyl (C=O) groups is 1. The molecule has 0 bridgehead atoms. The molecule has 1 amide bonds. The molecule has 4 aromatic rings. The van der Waals surface area contributed by atoms with Crippen LogP contribution in [0.4, 0.5) is 0 Å². The molecular weight excluding hydrogens is 595 g/mol. The molecule has 5 nitrogen and oxygen atoms in total. The number of hydrogen-bond donors (Lipinski definition) is 1. The molecule has 156 valence electrons. The number of fused-ring (bicyclic) bond motifs is 1. The highest BCUT2D eigenvalue weighted by atomic mass is 127. The number of benzene rings is 3. The van der Waals surface area contributed by atoms with Gasteiger partial charge >= 0.3 is 5.91 Å². The van der Waals surface area contributed by atoms with Gasteiger partial charge in [0.05, 0.1) is 9.78 Å². The number of rotatable bonds is 6. The Kier molecular flexibility index (Phi) is 6.94. The van der Waals surface area contributed by atoms with Gasteiger partial charge in [-0.2, -0.15) is 5.10 Å². The molecule has 0 radical (unpaired) electrons. The molecule has 0 atom stereocenters. The summed E-state index contributed by atoms with van der Waals surface area (Å²) in [5.74, 6) is 0.410. The van der Waals surface area contributed by atoms with E-state index in [1.165, 1.54) is 6.21 Å². The monoisotopic (exact) mass is 608 g/mol. The predicted molar refractivity (Wildman–Crippen MR) is 134 cm³/mol. The fourth-order valence-electron chi connectivity index (χ4n) is 2.86. The van der Waals surface area contributed by atoms with Crippen molar-refractivity contribution in [2.75, 3.05) is 0 Å². The summed E-state index contributed by atoms with van der Waals surface area (Å²) in [7, 11) is 0.